The van der Waals surface area contributed by atoms with Crippen molar-refractivity contribution in [3.05, 3.63) is 65.2 Å². The second-order valence-electron chi connectivity index (χ2n) is 5.16. The second-order valence-corrected chi connectivity index (χ2v) is 5.16. The number of hydrogen-bond acceptors (Lipinski definition) is 3. The van der Waals surface area contributed by atoms with Crippen LogP contribution in [0.4, 0.5) is 10.5 Å². The third kappa shape index (κ3) is 5.10. The molecule has 0 aliphatic rings. The van der Waals surface area contributed by atoms with Crippen LogP contribution in [0.3, 0.4) is 0 Å². The van der Waals surface area contributed by atoms with Crippen molar-refractivity contribution in [1.82, 2.24) is 5.32 Å². The van der Waals surface area contributed by atoms with E-state index in [1.54, 1.807) is 24.3 Å². The van der Waals surface area contributed by atoms with Crippen LogP contribution >= 0.6 is 0 Å². The molecule has 2 aromatic carbocycles. The summed E-state index contributed by atoms with van der Waals surface area (Å²) >= 11 is 0. The predicted octanol–water partition coefficient (Wildman–Crippen LogP) is 2.64. The van der Waals surface area contributed by atoms with Crippen LogP contribution in [0.5, 0.6) is 0 Å². The Labute approximate surface area is 141 Å². The van der Waals surface area contributed by atoms with E-state index in [1.807, 2.05) is 31.2 Å². The maximum Gasteiger partial charge on any atom is 0.312 e. The quantitative estimate of drug-likeness (QED) is 0.730. The lowest BCUT2D eigenvalue weighted by Gasteiger charge is -2.11. The molecule has 0 atom stereocenters. The molecule has 0 aliphatic heterocycles. The number of urea groups is 1. The average molecular weight is 327 g/mol. The molecule has 2 rings (SSSR count). The minimum absolute atomic E-state index is 0.201. The number of ether oxygens (including phenoxy) is 1. The van der Waals surface area contributed by atoms with Crippen LogP contribution in [0.2, 0.25) is 0 Å². The van der Waals surface area contributed by atoms with E-state index in [0.29, 0.717) is 25.3 Å². The van der Waals surface area contributed by atoms with Crippen LogP contribution < -0.4 is 16.4 Å². The monoisotopic (exact) mass is 327 g/mol. The zero-order chi connectivity index (χ0) is 17.4. The van der Waals surface area contributed by atoms with Gasteiger partial charge in [0.1, 0.15) is 0 Å². The fourth-order valence-corrected chi connectivity index (χ4v) is 2.14. The molecule has 0 fully saturated rings. The Kier molecular flexibility index (Phi) is 6.33. The maximum absolute atomic E-state index is 12.4. The van der Waals surface area contributed by atoms with Crippen LogP contribution in [0.25, 0.3) is 0 Å². The van der Waals surface area contributed by atoms with Crippen LogP contribution in [-0.2, 0) is 17.9 Å². The Hall–Kier alpha value is -2.86. The van der Waals surface area contributed by atoms with Gasteiger partial charge in [-0.3, -0.25) is 4.79 Å². The Balaban J connectivity index is 2.03. The van der Waals surface area contributed by atoms with E-state index >= 15 is 0 Å². The lowest BCUT2D eigenvalue weighted by molar-refractivity contribution is 0.102. The van der Waals surface area contributed by atoms with Crippen molar-refractivity contribution in [1.29, 1.82) is 0 Å². The molecule has 0 saturated carbocycles. The Morgan fingerprint density at radius 1 is 1.08 bits per heavy atom. The topological polar surface area (TPSA) is 93.4 Å². The Bertz CT molecular complexity index is 699. The van der Waals surface area contributed by atoms with Crippen molar-refractivity contribution in [2.24, 2.45) is 5.73 Å². The zero-order valence-corrected chi connectivity index (χ0v) is 13.5. The van der Waals surface area contributed by atoms with Gasteiger partial charge in [-0.25, -0.2) is 4.79 Å². The van der Waals surface area contributed by atoms with Crippen LogP contribution in [0, 0.1) is 0 Å². The summed E-state index contributed by atoms with van der Waals surface area (Å²) in [5, 5.41) is 5.40. The lowest BCUT2D eigenvalue weighted by Crippen LogP contribution is -2.28. The van der Waals surface area contributed by atoms with Gasteiger partial charge in [0, 0.05) is 30.0 Å². The number of primary amides is 1. The highest BCUT2D eigenvalue weighted by Crippen LogP contribution is 2.17. The lowest BCUT2D eigenvalue weighted by atomic mass is 10.1. The highest BCUT2D eigenvalue weighted by molar-refractivity contribution is 6.04. The maximum atomic E-state index is 12.4. The van der Waals surface area contributed by atoms with E-state index in [2.05, 4.69) is 10.6 Å². The van der Waals surface area contributed by atoms with Crippen molar-refractivity contribution in [3.63, 3.8) is 0 Å². The first kappa shape index (κ1) is 17.5. The molecule has 6 nitrogen and oxygen atoms in total. The number of amides is 3. The summed E-state index contributed by atoms with van der Waals surface area (Å²) < 4.78 is 5.41. The van der Waals surface area contributed by atoms with Crippen molar-refractivity contribution in [2.45, 2.75) is 20.1 Å². The molecule has 4 N–H and O–H groups in total. The molecule has 24 heavy (non-hydrogen) atoms. The number of benzene rings is 2. The molecule has 0 heterocycles. The van der Waals surface area contributed by atoms with Crippen LogP contribution in [-0.4, -0.2) is 18.5 Å². The van der Waals surface area contributed by atoms with Crippen molar-refractivity contribution < 1.29 is 14.3 Å². The van der Waals surface area contributed by atoms with E-state index in [1.165, 1.54) is 0 Å². The smallest absolute Gasteiger partial charge is 0.312 e. The normalized spacial score (nSPS) is 10.2. The molecule has 2 aromatic rings. The number of para-hydroxylation sites is 1. The molecule has 126 valence electrons. The molecule has 3 amide bonds. The molecule has 0 bridgehead atoms. The summed E-state index contributed by atoms with van der Waals surface area (Å²) in [5.74, 6) is -0.201. The number of rotatable bonds is 7. The zero-order valence-electron chi connectivity index (χ0n) is 13.5. The number of carbonyl (C=O) groups is 2. The summed E-state index contributed by atoms with van der Waals surface area (Å²) in [7, 11) is 0. The summed E-state index contributed by atoms with van der Waals surface area (Å²) in [5.41, 5.74) is 8.08. The standard InChI is InChI=1S/C18H21N3O3/c1-2-24-12-15-5-3-4-6-16(15)21-17(22)14-9-7-13(8-10-14)11-20-18(19)23/h3-10H,2,11-12H2,1H3,(H,21,22)(H3,19,20,23). The van der Waals surface area contributed by atoms with Gasteiger partial charge in [-0.15, -0.1) is 0 Å². The van der Waals surface area contributed by atoms with Gasteiger partial charge in [0.25, 0.3) is 5.91 Å². The first-order chi connectivity index (χ1) is 11.6. The van der Waals surface area contributed by atoms with E-state index < -0.39 is 6.03 Å². The van der Waals surface area contributed by atoms with Gasteiger partial charge in [-0.2, -0.15) is 0 Å². The molecule has 0 spiro atoms. The number of hydrogen-bond donors (Lipinski definition) is 3. The Morgan fingerprint density at radius 2 is 1.79 bits per heavy atom. The van der Waals surface area contributed by atoms with Gasteiger partial charge in [-0.05, 0) is 30.7 Å². The SMILES string of the molecule is CCOCc1ccccc1NC(=O)c1ccc(CNC(N)=O)cc1. The number of carbonyl (C=O) groups excluding carboxylic acids is 2. The third-order valence-electron chi connectivity index (χ3n) is 3.41. The third-order valence-corrected chi connectivity index (χ3v) is 3.41. The highest BCUT2D eigenvalue weighted by Gasteiger charge is 2.09. The molecule has 0 aromatic heterocycles. The molecule has 6 heteroatoms. The van der Waals surface area contributed by atoms with Gasteiger partial charge in [0.2, 0.25) is 0 Å². The van der Waals surface area contributed by atoms with E-state index in [9.17, 15) is 9.59 Å². The minimum atomic E-state index is -0.581. The van der Waals surface area contributed by atoms with Gasteiger partial charge in [0.15, 0.2) is 0 Å². The van der Waals surface area contributed by atoms with E-state index in [0.717, 1.165) is 16.8 Å². The summed E-state index contributed by atoms with van der Waals surface area (Å²) in [6.45, 7) is 3.32. The first-order valence-electron chi connectivity index (χ1n) is 7.69. The predicted molar refractivity (Wildman–Crippen MR) is 92.6 cm³/mol. The highest BCUT2D eigenvalue weighted by atomic mass is 16.5. The molecule has 0 radical (unpaired) electrons. The summed E-state index contributed by atoms with van der Waals surface area (Å²) in [6, 6.07) is 13.9. The summed E-state index contributed by atoms with van der Waals surface area (Å²) in [6.07, 6.45) is 0. The van der Waals surface area contributed by atoms with Crippen LogP contribution in [0.1, 0.15) is 28.4 Å². The largest absolute Gasteiger partial charge is 0.377 e. The van der Waals surface area contributed by atoms with Gasteiger partial charge in [0.05, 0.1) is 6.61 Å². The fraction of sp³-hybridized carbons (Fsp3) is 0.222. The number of anilines is 1. The molecule has 0 aliphatic carbocycles. The molecular formula is C18H21N3O3. The second kappa shape index (κ2) is 8.69. The average Bonchev–Trinajstić information content (AvgIpc) is 2.59. The van der Waals surface area contributed by atoms with E-state index in [4.69, 9.17) is 10.5 Å². The Morgan fingerprint density at radius 3 is 2.46 bits per heavy atom. The minimum Gasteiger partial charge on any atom is -0.377 e. The molecule has 0 saturated heterocycles. The van der Waals surface area contributed by atoms with E-state index in [-0.39, 0.29) is 5.91 Å². The number of nitrogens with two attached hydrogens (primary N) is 1. The first-order valence-corrected chi connectivity index (χ1v) is 7.69. The van der Waals surface area contributed by atoms with Crippen molar-refractivity contribution in [2.75, 3.05) is 11.9 Å². The summed E-state index contributed by atoms with van der Waals surface area (Å²) in [4.78, 5) is 23.1. The van der Waals surface area contributed by atoms with Gasteiger partial charge < -0.3 is 21.1 Å². The van der Waals surface area contributed by atoms with Gasteiger partial charge >= 0.3 is 6.03 Å². The number of nitrogens with one attached hydrogen (secondary N) is 2. The van der Waals surface area contributed by atoms with Crippen molar-refractivity contribution >= 4 is 17.6 Å². The molecular weight excluding hydrogens is 306 g/mol. The van der Waals surface area contributed by atoms with Crippen LogP contribution in [0.15, 0.2) is 48.5 Å². The molecule has 0 unspecified atom stereocenters. The van der Waals surface area contributed by atoms with Crippen molar-refractivity contribution in [3.8, 4) is 0 Å². The van der Waals surface area contributed by atoms with Gasteiger partial charge in [-0.1, -0.05) is 30.3 Å². The fourth-order valence-electron chi connectivity index (χ4n) is 2.14.